The highest BCUT2D eigenvalue weighted by molar-refractivity contribution is 5.47. The zero-order chi connectivity index (χ0) is 40.3. The van der Waals surface area contributed by atoms with E-state index in [2.05, 4.69) is 46.8 Å². The van der Waals surface area contributed by atoms with Gasteiger partial charge in [0.05, 0.1) is 37.6 Å². The molecule has 0 bridgehead atoms. The molecular formula is C42H68O13. The number of ether oxygens (including phenoxy) is 3. The second-order valence-corrected chi connectivity index (χ2v) is 20.4. The largest absolute Gasteiger partial charge is 0.396 e. The predicted octanol–water partition coefficient (Wildman–Crippen LogP) is 1.27. The van der Waals surface area contributed by atoms with Gasteiger partial charge >= 0.3 is 0 Å². The van der Waals surface area contributed by atoms with E-state index in [1.807, 2.05) is 6.92 Å². The Bertz CT molecular complexity index is 1500. The Balaban J connectivity index is 1.15. The fourth-order valence-corrected chi connectivity index (χ4v) is 13.3. The first kappa shape index (κ1) is 42.1. The standard InChI is InChI=1S/C42H68O13/c1-37(2)13-14-42(20-45)23(16-37)22-7-8-26-38(3)11-10-28(39(4,19-44)25(38)9-12-40(26,5)41(22,6)17-27(42)46)54-36-33(51)34(32(50)35(52)55-36)53-24-15-21(18-43)29(47)31(49)30(24)48/h7-8,21,24-36,43-52H,9-20H2,1-6H3/t21-,24-,25?,26-,27-,28+,29-,30+,31+,32-,33-,34+,35+,36-,38+,39+,40-,41-,42-/m1/s1. The van der Waals surface area contributed by atoms with E-state index in [4.69, 9.17) is 14.2 Å². The molecule has 13 heteroatoms. The summed E-state index contributed by atoms with van der Waals surface area (Å²) in [6.07, 6.45) is -4.72. The SMILES string of the molecule is CC1(C)CC[C@@]2(CO)C(=C3C=C[C@@H]4[C@@]5(C)CC[C@H](O[C@@H]6O[C@H](O)[C@H](O)[C@H](O[C@@H]7C[C@H](CO)[C@@H](O)[C@H](O)[C@H]7O)[C@H]6O)[C@@](C)(CO)C5CC[C@@]4(C)[C@]3(C)C[C@H]2O)C1. The number of hydrogen-bond donors (Lipinski definition) is 10. The molecule has 19 atom stereocenters. The molecule has 0 radical (unpaired) electrons. The molecule has 0 aromatic carbocycles. The van der Waals surface area contributed by atoms with E-state index in [-0.39, 0.29) is 53.1 Å². The first-order chi connectivity index (χ1) is 25.7. The highest BCUT2D eigenvalue weighted by Crippen LogP contribution is 2.74. The van der Waals surface area contributed by atoms with Crippen LogP contribution in [0, 0.1) is 50.2 Å². The molecule has 55 heavy (non-hydrogen) atoms. The molecule has 1 unspecified atom stereocenters. The van der Waals surface area contributed by atoms with Gasteiger partial charge in [-0.3, -0.25) is 0 Å². The molecule has 1 aliphatic heterocycles. The summed E-state index contributed by atoms with van der Waals surface area (Å²) in [5, 5.41) is 108. The fraction of sp³-hybridized carbons (Fsp3) is 0.905. The van der Waals surface area contributed by atoms with Crippen LogP contribution in [-0.4, -0.2) is 138 Å². The third kappa shape index (κ3) is 6.12. The van der Waals surface area contributed by atoms with Crippen molar-refractivity contribution in [3.63, 3.8) is 0 Å². The predicted molar refractivity (Wildman–Crippen MR) is 199 cm³/mol. The lowest BCUT2D eigenvalue weighted by Gasteiger charge is -2.70. The van der Waals surface area contributed by atoms with Crippen molar-refractivity contribution in [2.75, 3.05) is 19.8 Å². The van der Waals surface area contributed by atoms with Gasteiger partial charge in [0, 0.05) is 28.8 Å². The van der Waals surface area contributed by atoms with Crippen molar-refractivity contribution in [2.45, 2.75) is 167 Å². The highest BCUT2D eigenvalue weighted by Gasteiger charge is 2.69. The zero-order valence-electron chi connectivity index (χ0n) is 33.4. The van der Waals surface area contributed by atoms with E-state index >= 15 is 0 Å². The van der Waals surface area contributed by atoms with Gasteiger partial charge in [-0.25, -0.2) is 0 Å². The summed E-state index contributed by atoms with van der Waals surface area (Å²) >= 11 is 0. The van der Waals surface area contributed by atoms with Crippen LogP contribution < -0.4 is 0 Å². The minimum atomic E-state index is -1.82. The van der Waals surface area contributed by atoms with Crippen LogP contribution in [0.3, 0.4) is 0 Å². The van der Waals surface area contributed by atoms with Gasteiger partial charge < -0.3 is 65.3 Å². The second-order valence-electron chi connectivity index (χ2n) is 20.4. The van der Waals surface area contributed by atoms with Gasteiger partial charge in [0.15, 0.2) is 12.6 Å². The minimum absolute atomic E-state index is 0.0213. The highest BCUT2D eigenvalue weighted by atomic mass is 16.8. The minimum Gasteiger partial charge on any atom is -0.396 e. The lowest BCUT2D eigenvalue weighted by atomic mass is 9.35. The summed E-state index contributed by atoms with van der Waals surface area (Å²) in [4.78, 5) is 0. The Morgan fingerprint density at radius 3 is 2.13 bits per heavy atom. The van der Waals surface area contributed by atoms with Gasteiger partial charge in [0.1, 0.15) is 30.5 Å². The van der Waals surface area contributed by atoms with Crippen LogP contribution in [0.5, 0.6) is 0 Å². The van der Waals surface area contributed by atoms with Gasteiger partial charge in [0.25, 0.3) is 0 Å². The fourth-order valence-electron chi connectivity index (χ4n) is 13.3. The molecule has 0 amide bonds. The van der Waals surface area contributed by atoms with Crippen LogP contribution in [0.4, 0.5) is 0 Å². The second kappa shape index (κ2) is 14.3. The molecule has 1 heterocycles. The molecule has 314 valence electrons. The van der Waals surface area contributed by atoms with Crippen molar-refractivity contribution in [1.82, 2.24) is 0 Å². The van der Waals surface area contributed by atoms with Crippen molar-refractivity contribution in [3.8, 4) is 0 Å². The smallest absolute Gasteiger partial charge is 0.189 e. The van der Waals surface area contributed by atoms with Crippen molar-refractivity contribution in [3.05, 3.63) is 23.3 Å². The average molecular weight is 781 g/mol. The number of allylic oxidation sites excluding steroid dienone is 3. The molecule has 10 N–H and O–H groups in total. The molecule has 0 aromatic rings. The number of hydrogen-bond acceptors (Lipinski definition) is 13. The monoisotopic (exact) mass is 780 g/mol. The van der Waals surface area contributed by atoms with Gasteiger partial charge in [-0.1, -0.05) is 59.3 Å². The molecule has 1 saturated heterocycles. The molecule has 0 spiro atoms. The number of fused-ring (bicyclic) bond motifs is 6. The Morgan fingerprint density at radius 2 is 1.47 bits per heavy atom. The lowest BCUT2D eigenvalue weighted by Crippen LogP contribution is -2.67. The summed E-state index contributed by atoms with van der Waals surface area (Å²) in [6, 6.07) is 0. The van der Waals surface area contributed by atoms with Crippen LogP contribution in [-0.2, 0) is 14.2 Å². The quantitative estimate of drug-likeness (QED) is 0.165. The van der Waals surface area contributed by atoms with E-state index in [1.165, 1.54) is 11.1 Å². The summed E-state index contributed by atoms with van der Waals surface area (Å²) in [7, 11) is 0. The number of rotatable bonds is 7. The molecular weight excluding hydrogens is 712 g/mol. The Labute approximate surface area is 325 Å². The van der Waals surface area contributed by atoms with Crippen molar-refractivity contribution in [1.29, 1.82) is 0 Å². The number of aliphatic hydroxyl groups is 10. The van der Waals surface area contributed by atoms with Crippen LogP contribution in [0.2, 0.25) is 0 Å². The van der Waals surface area contributed by atoms with E-state index in [0.717, 1.165) is 38.5 Å². The summed E-state index contributed by atoms with van der Waals surface area (Å²) in [6.45, 7) is 12.8. The Morgan fingerprint density at radius 1 is 0.764 bits per heavy atom. The molecule has 0 aromatic heterocycles. The first-order valence-electron chi connectivity index (χ1n) is 20.7. The third-order valence-corrected chi connectivity index (χ3v) is 17.1. The van der Waals surface area contributed by atoms with Gasteiger partial charge in [-0.2, -0.15) is 0 Å². The van der Waals surface area contributed by atoms with Crippen LogP contribution in [0.1, 0.15) is 99.3 Å². The zero-order valence-corrected chi connectivity index (χ0v) is 33.4. The summed E-state index contributed by atoms with van der Waals surface area (Å²) in [5.41, 5.74) is 0.300. The van der Waals surface area contributed by atoms with Crippen LogP contribution in [0.15, 0.2) is 23.3 Å². The van der Waals surface area contributed by atoms with E-state index < -0.39 is 90.9 Å². The van der Waals surface area contributed by atoms with Gasteiger partial charge in [-0.15, -0.1) is 0 Å². The first-order valence-corrected chi connectivity index (χ1v) is 20.7. The molecule has 4 saturated carbocycles. The van der Waals surface area contributed by atoms with Crippen LogP contribution in [0.25, 0.3) is 0 Å². The maximum Gasteiger partial charge on any atom is 0.189 e. The Hall–Kier alpha value is -1.04. The molecule has 7 rings (SSSR count). The summed E-state index contributed by atoms with van der Waals surface area (Å²) < 4.78 is 18.1. The normalized spacial score (nSPS) is 54.9. The molecule has 13 nitrogen and oxygen atoms in total. The maximum atomic E-state index is 12.0. The number of aliphatic hydroxyl groups excluding tert-OH is 10. The van der Waals surface area contributed by atoms with E-state index in [0.29, 0.717) is 12.8 Å². The van der Waals surface area contributed by atoms with Crippen molar-refractivity contribution in [2.24, 2.45) is 50.2 Å². The van der Waals surface area contributed by atoms with E-state index in [1.54, 1.807) is 0 Å². The van der Waals surface area contributed by atoms with Crippen molar-refractivity contribution < 1.29 is 65.3 Å². The molecule has 7 aliphatic rings. The Kier molecular flexibility index (Phi) is 11.0. The van der Waals surface area contributed by atoms with Crippen LogP contribution >= 0.6 is 0 Å². The summed E-state index contributed by atoms with van der Waals surface area (Å²) in [5.74, 6) is -0.739. The van der Waals surface area contributed by atoms with Crippen molar-refractivity contribution >= 4 is 0 Å². The maximum absolute atomic E-state index is 12.0. The lowest BCUT2D eigenvalue weighted by molar-refractivity contribution is -0.372. The topological polar surface area (TPSA) is 230 Å². The molecule has 6 aliphatic carbocycles. The van der Waals surface area contributed by atoms with Gasteiger partial charge in [0.2, 0.25) is 0 Å². The third-order valence-electron chi connectivity index (χ3n) is 17.1. The van der Waals surface area contributed by atoms with E-state index in [9.17, 15) is 51.1 Å². The average Bonchev–Trinajstić information content (AvgIpc) is 3.13. The van der Waals surface area contributed by atoms with Gasteiger partial charge in [-0.05, 0) is 91.4 Å². The molecule has 5 fully saturated rings.